The van der Waals surface area contributed by atoms with E-state index in [1.54, 1.807) is 7.11 Å². The van der Waals surface area contributed by atoms with E-state index in [9.17, 15) is 0 Å². The highest BCUT2D eigenvalue weighted by Crippen LogP contribution is 2.37. The zero-order valence-corrected chi connectivity index (χ0v) is 14.2. The molecule has 4 rings (SSSR count). The molecule has 0 atom stereocenters. The molecule has 114 valence electrons. The minimum atomic E-state index is 0.498. The van der Waals surface area contributed by atoms with Gasteiger partial charge in [0.05, 0.1) is 18.2 Å². The third-order valence-corrected chi connectivity index (χ3v) is 4.49. The fraction of sp³-hybridized carbons (Fsp3) is 0.0667. The number of methoxy groups -OCH3 is 1. The fourth-order valence-electron chi connectivity index (χ4n) is 2.52. The third-order valence-electron chi connectivity index (χ3n) is 3.60. The normalized spacial score (nSPS) is 11.0. The molecular formula is C15H11IN6O. The number of nitrogens with one attached hydrogen (secondary N) is 2. The molecule has 0 aliphatic carbocycles. The number of tetrazole rings is 1. The van der Waals surface area contributed by atoms with E-state index in [1.165, 1.54) is 0 Å². The SMILES string of the molecule is COc1cc(-c2n[nH]c3ccccc23)c(I)cc1-c1nn[nH]n1. The Morgan fingerprint density at radius 3 is 2.74 bits per heavy atom. The van der Waals surface area contributed by atoms with Crippen molar-refractivity contribution in [3.8, 4) is 28.4 Å². The van der Waals surface area contributed by atoms with Crippen LogP contribution in [0.25, 0.3) is 33.5 Å². The molecule has 0 saturated carbocycles. The van der Waals surface area contributed by atoms with Crippen molar-refractivity contribution in [3.63, 3.8) is 0 Å². The van der Waals surface area contributed by atoms with Crippen LogP contribution in [-0.4, -0.2) is 37.9 Å². The lowest BCUT2D eigenvalue weighted by molar-refractivity contribution is 0.416. The number of aromatic amines is 2. The number of ether oxygens (including phenoxy) is 1. The fourth-order valence-corrected chi connectivity index (χ4v) is 3.25. The lowest BCUT2D eigenvalue weighted by Gasteiger charge is -2.10. The van der Waals surface area contributed by atoms with Gasteiger partial charge in [-0.1, -0.05) is 18.2 Å². The number of rotatable bonds is 3. The molecule has 0 fully saturated rings. The van der Waals surface area contributed by atoms with Gasteiger partial charge in [0.25, 0.3) is 0 Å². The van der Waals surface area contributed by atoms with Crippen LogP contribution in [0.2, 0.25) is 0 Å². The minimum absolute atomic E-state index is 0.498. The van der Waals surface area contributed by atoms with E-state index < -0.39 is 0 Å². The first kappa shape index (κ1) is 14.1. The van der Waals surface area contributed by atoms with Gasteiger partial charge in [-0.2, -0.15) is 10.3 Å². The Kier molecular flexibility index (Phi) is 3.45. The van der Waals surface area contributed by atoms with Crippen molar-refractivity contribution in [2.75, 3.05) is 7.11 Å². The predicted molar refractivity (Wildman–Crippen MR) is 94.0 cm³/mol. The van der Waals surface area contributed by atoms with Crippen molar-refractivity contribution < 1.29 is 4.74 Å². The van der Waals surface area contributed by atoms with Crippen LogP contribution >= 0.6 is 22.6 Å². The summed E-state index contributed by atoms with van der Waals surface area (Å²) in [6, 6.07) is 12.0. The molecule has 0 radical (unpaired) electrons. The quantitative estimate of drug-likeness (QED) is 0.499. The maximum Gasteiger partial charge on any atom is 0.208 e. The van der Waals surface area contributed by atoms with E-state index in [2.05, 4.69) is 53.4 Å². The summed E-state index contributed by atoms with van der Waals surface area (Å²) in [6.45, 7) is 0. The number of para-hydroxylation sites is 1. The molecule has 2 aromatic carbocycles. The van der Waals surface area contributed by atoms with Crippen molar-refractivity contribution in [1.82, 2.24) is 30.8 Å². The average molecular weight is 418 g/mol. The highest BCUT2D eigenvalue weighted by atomic mass is 127. The second-order valence-corrected chi connectivity index (χ2v) is 6.05. The van der Waals surface area contributed by atoms with Crippen LogP contribution in [-0.2, 0) is 0 Å². The summed E-state index contributed by atoms with van der Waals surface area (Å²) in [5.74, 6) is 1.17. The lowest BCUT2D eigenvalue weighted by atomic mass is 10.0. The summed E-state index contributed by atoms with van der Waals surface area (Å²) < 4.78 is 6.54. The van der Waals surface area contributed by atoms with Gasteiger partial charge in [0.1, 0.15) is 11.4 Å². The van der Waals surface area contributed by atoms with Crippen LogP contribution in [0.3, 0.4) is 0 Å². The number of nitrogens with zero attached hydrogens (tertiary/aromatic N) is 4. The monoisotopic (exact) mass is 418 g/mol. The molecule has 2 heterocycles. The smallest absolute Gasteiger partial charge is 0.208 e. The minimum Gasteiger partial charge on any atom is -0.496 e. The van der Waals surface area contributed by atoms with Gasteiger partial charge < -0.3 is 4.74 Å². The summed E-state index contributed by atoms with van der Waals surface area (Å²) in [7, 11) is 1.62. The van der Waals surface area contributed by atoms with Gasteiger partial charge in [-0.25, -0.2) is 0 Å². The molecule has 0 amide bonds. The molecule has 2 aromatic heterocycles. The molecule has 4 aromatic rings. The summed E-state index contributed by atoms with van der Waals surface area (Å²) >= 11 is 2.28. The Bertz CT molecular complexity index is 979. The van der Waals surface area contributed by atoms with Crippen LogP contribution in [0.4, 0.5) is 0 Å². The second kappa shape index (κ2) is 5.61. The molecule has 0 bridgehead atoms. The Labute approximate surface area is 144 Å². The number of H-pyrrole nitrogens is 2. The van der Waals surface area contributed by atoms with Gasteiger partial charge in [-0.15, -0.1) is 10.2 Å². The predicted octanol–water partition coefficient (Wildman–Crippen LogP) is 3.02. The largest absolute Gasteiger partial charge is 0.496 e. The maximum absolute atomic E-state index is 5.51. The Morgan fingerprint density at radius 2 is 1.96 bits per heavy atom. The molecule has 23 heavy (non-hydrogen) atoms. The first-order chi connectivity index (χ1) is 11.3. The van der Waals surface area contributed by atoms with Crippen molar-refractivity contribution in [1.29, 1.82) is 0 Å². The van der Waals surface area contributed by atoms with Gasteiger partial charge in [0.2, 0.25) is 5.82 Å². The summed E-state index contributed by atoms with van der Waals surface area (Å²) in [5, 5.41) is 22.7. The highest BCUT2D eigenvalue weighted by molar-refractivity contribution is 14.1. The van der Waals surface area contributed by atoms with Crippen LogP contribution in [0, 0.1) is 3.57 Å². The van der Waals surface area contributed by atoms with E-state index in [0.29, 0.717) is 11.6 Å². The maximum atomic E-state index is 5.51. The van der Waals surface area contributed by atoms with Gasteiger partial charge in [-0.05, 0) is 46.0 Å². The van der Waals surface area contributed by atoms with E-state index in [1.807, 2.05) is 36.4 Å². The number of benzene rings is 2. The Hall–Kier alpha value is -2.49. The van der Waals surface area contributed by atoms with Gasteiger partial charge >= 0.3 is 0 Å². The van der Waals surface area contributed by atoms with E-state index in [-0.39, 0.29) is 0 Å². The molecular weight excluding hydrogens is 407 g/mol. The Balaban J connectivity index is 1.93. The molecule has 0 unspecified atom stereocenters. The topological polar surface area (TPSA) is 92.4 Å². The standard InChI is InChI=1S/C15H11IN6O/c1-23-13-7-9(11(16)6-10(13)15-19-21-22-20-15)14-8-4-2-3-5-12(8)17-18-14/h2-7H,1H3,(H,17,18)(H,19,20,21,22). The highest BCUT2D eigenvalue weighted by Gasteiger charge is 2.17. The van der Waals surface area contributed by atoms with Crippen molar-refractivity contribution >= 4 is 33.5 Å². The molecule has 0 aliphatic heterocycles. The molecule has 0 spiro atoms. The molecule has 8 heteroatoms. The summed E-state index contributed by atoms with van der Waals surface area (Å²) in [4.78, 5) is 0. The second-order valence-electron chi connectivity index (χ2n) is 4.89. The van der Waals surface area contributed by atoms with Crippen molar-refractivity contribution in [3.05, 3.63) is 40.0 Å². The first-order valence-electron chi connectivity index (χ1n) is 6.83. The summed E-state index contributed by atoms with van der Waals surface area (Å²) in [5.41, 5.74) is 3.67. The van der Waals surface area contributed by atoms with Crippen LogP contribution in [0.1, 0.15) is 0 Å². The number of hydrogen-bond acceptors (Lipinski definition) is 5. The van der Waals surface area contributed by atoms with E-state index in [4.69, 9.17) is 4.74 Å². The number of aromatic nitrogens is 6. The number of hydrogen-bond donors (Lipinski definition) is 2. The van der Waals surface area contributed by atoms with Crippen molar-refractivity contribution in [2.45, 2.75) is 0 Å². The van der Waals surface area contributed by atoms with E-state index >= 15 is 0 Å². The Morgan fingerprint density at radius 1 is 1.09 bits per heavy atom. The molecule has 7 nitrogen and oxygen atoms in total. The summed E-state index contributed by atoms with van der Waals surface area (Å²) in [6.07, 6.45) is 0. The van der Waals surface area contributed by atoms with Gasteiger partial charge in [-0.3, -0.25) is 5.10 Å². The zero-order chi connectivity index (χ0) is 15.8. The van der Waals surface area contributed by atoms with Gasteiger partial charge in [0.15, 0.2) is 0 Å². The molecule has 0 saturated heterocycles. The lowest BCUT2D eigenvalue weighted by Crippen LogP contribution is -1.94. The van der Waals surface area contributed by atoms with Crippen LogP contribution < -0.4 is 4.74 Å². The van der Waals surface area contributed by atoms with Gasteiger partial charge in [0, 0.05) is 14.5 Å². The molecule has 0 aliphatic rings. The van der Waals surface area contributed by atoms with Crippen LogP contribution in [0.15, 0.2) is 36.4 Å². The third kappa shape index (κ3) is 2.34. The number of fused-ring (bicyclic) bond motifs is 1. The van der Waals surface area contributed by atoms with Crippen molar-refractivity contribution in [2.24, 2.45) is 0 Å². The average Bonchev–Trinajstić information content (AvgIpc) is 3.24. The zero-order valence-electron chi connectivity index (χ0n) is 12.0. The number of halogens is 1. The first-order valence-corrected chi connectivity index (χ1v) is 7.90. The van der Waals surface area contributed by atoms with E-state index in [0.717, 1.165) is 31.3 Å². The van der Waals surface area contributed by atoms with Crippen LogP contribution in [0.5, 0.6) is 5.75 Å². The molecule has 2 N–H and O–H groups in total.